The Labute approximate surface area is 96.4 Å². The molecule has 0 fully saturated rings. The Morgan fingerprint density at radius 3 is 2.75 bits per heavy atom. The van der Waals surface area contributed by atoms with Crippen molar-refractivity contribution in [1.82, 2.24) is 5.32 Å². The zero-order chi connectivity index (χ0) is 12.0. The van der Waals surface area contributed by atoms with E-state index in [2.05, 4.69) is 10.3 Å². The van der Waals surface area contributed by atoms with Crippen molar-refractivity contribution < 1.29 is 4.39 Å². The van der Waals surface area contributed by atoms with E-state index in [1.807, 2.05) is 6.07 Å². The number of halogens is 1. The molecule has 16 heavy (non-hydrogen) atoms. The molecule has 0 aliphatic carbocycles. The monoisotopic (exact) mass is 234 g/mol. The van der Waals surface area contributed by atoms with Gasteiger partial charge in [0.25, 0.3) is 0 Å². The molecule has 1 N–H and O–H groups in total. The highest BCUT2D eigenvalue weighted by atomic mass is 32.2. The van der Waals surface area contributed by atoms with Gasteiger partial charge in [0.1, 0.15) is 11.5 Å². The maximum absolute atomic E-state index is 13.4. The van der Waals surface area contributed by atoms with Gasteiger partial charge >= 0.3 is 0 Å². The van der Waals surface area contributed by atoms with Crippen LogP contribution in [0.5, 0.6) is 0 Å². The maximum atomic E-state index is 13.4. The summed E-state index contributed by atoms with van der Waals surface area (Å²) in [7, 11) is 0. The molecule has 0 saturated carbocycles. The molecular formula is C10H7FN4S. The average Bonchev–Trinajstić information content (AvgIpc) is 2.30. The number of aliphatic imine (C=N–C) groups is 1. The molecule has 6 heteroatoms. The van der Waals surface area contributed by atoms with Crippen molar-refractivity contribution in [2.45, 2.75) is 0 Å². The van der Waals surface area contributed by atoms with Gasteiger partial charge in [0.05, 0.1) is 11.6 Å². The fraction of sp³-hybridized carbons (Fsp3) is 0.100. The summed E-state index contributed by atoms with van der Waals surface area (Å²) in [6.07, 6.45) is 3.42. The fourth-order valence-electron chi connectivity index (χ4n) is 0.949. The molecule has 0 bridgehead atoms. The van der Waals surface area contributed by atoms with E-state index in [-0.39, 0.29) is 11.3 Å². The second-order valence-electron chi connectivity index (χ2n) is 2.64. The van der Waals surface area contributed by atoms with Crippen molar-refractivity contribution in [1.29, 1.82) is 10.5 Å². The number of nitrogens with one attached hydrogen (secondary N) is 1. The van der Waals surface area contributed by atoms with Gasteiger partial charge in [-0.2, -0.15) is 10.5 Å². The first kappa shape index (κ1) is 12.0. The van der Waals surface area contributed by atoms with E-state index in [0.717, 1.165) is 6.07 Å². The lowest BCUT2D eigenvalue weighted by Crippen LogP contribution is -2.12. The van der Waals surface area contributed by atoms with E-state index in [1.165, 1.54) is 23.9 Å². The molecule has 80 valence electrons. The largest absolute Gasteiger partial charge is 0.271 e. The van der Waals surface area contributed by atoms with Crippen molar-refractivity contribution in [3.05, 3.63) is 29.6 Å². The molecule has 1 aromatic rings. The molecule has 4 nitrogen and oxygen atoms in total. The van der Waals surface area contributed by atoms with Gasteiger partial charge in [-0.05, 0) is 24.5 Å². The van der Waals surface area contributed by atoms with Crippen molar-refractivity contribution in [3.8, 4) is 12.3 Å². The van der Waals surface area contributed by atoms with Crippen LogP contribution in [0.25, 0.3) is 0 Å². The molecule has 0 atom stereocenters. The highest BCUT2D eigenvalue weighted by molar-refractivity contribution is 8.13. The van der Waals surface area contributed by atoms with Crippen LogP contribution in [0.4, 0.5) is 10.1 Å². The molecule has 0 amide bonds. The topological polar surface area (TPSA) is 72.0 Å². The normalized spacial score (nSPS) is 10.4. The Balaban J connectivity index is 3.07. The van der Waals surface area contributed by atoms with Crippen molar-refractivity contribution in [2.75, 3.05) is 6.26 Å². The summed E-state index contributed by atoms with van der Waals surface area (Å²) in [6.45, 7) is 0. The zero-order valence-corrected chi connectivity index (χ0v) is 9.18. The number of nitriles is 2. The van der Waals surface area contributed by atoms with E-state index >= 15 is 0 Å². The average molecular weight is 234 g/mol. The molecule has 0 heterocycles. The molecule has 0 spiro atoms. The number of nitrogens with zero attached hydrogens (tertiary/aromatic N) is 3. The lowest BCUT2D eigenvalue weighted by molar-refractivity contribution is 0.629. The Hall–Kier alpha value is -2.05. The van der Waals surface area contributed by atoms with Gasteiger partial charge in [-0.25, -0.2) is 9.38 Å². The summed E-state index contributed by atoms with van der Waals surface area (Å²) in [4.78, 5) is 3.90. The number of benzene rings is 1. The first-order valence-electron chi connectivity index (χ1n) is 4.18. The van der Waals surface area contributed by atoms with Gasteiger partial charge in [0, 0.05) is 0 Å². The van der Waals surface area contributed by atoms with Crippen LogP contribution in [0.15, 0.2) is 23.2 Å². The second kappa shape index (κ2) is 5.74. The van der Waals surface area contributed by atoms with Crippen molar-refractivity contribution in [3.63, 3.8) is 0 Å². The standard InChI is InChI=1S/C10H7FN4S/c1-16-10(14-6-13)15-9-3-2-7(5-12)4-8(9)11/h2-4H,1H3,(H,14,15). The number of hydrogen-bond donors (Lipinski definition) is 1. The molecular weight excluding hydrogens is 227 g/mol. The van der Waals surface area contributed by atoms with E-state index in [0.29, 0.717) is 5.17 Å². The number of amidine groups is 1. The van der Waals surface area contributed by atoms with Gasteiger partial charge in [0.15, 0.2) is 11.4 Å². The van der Waals surface area contributed by atoms with Crippen LogP contribution in [0.2, 0.25) is 0 Å². The smallest absolute Gasteiger partial charge is 0.183 e. The van der Waals surface area contributed by atoms with Gasteiger partial charge < -0.3 is 0 Å². The van der Waals surface area contributed by atoms with Crippen molar-refractivity contribution in [2.24, 2.45) is 4.99 Å². The Kier molecular flexibility index (Phi) is 4.31. The summed E-state index contributed by atoms with van der Waals surface area (Å²) >= 11 is 1.19. The van der Waals surface area contributed by atoms with Gasteiger partial charge in [-0.15, -0.1) is 0 Å². The van der Waals surface area contributed by atoms with Gasteiger partial charge in [0.2, 0.25) is 0 Å². The third kappa shape index (κ3) is 2.97. The second-order valence-corrected chi connectivity index (χ2v) is 3.43. The van der Waals surface area contributed by atoms with E-state index in [1.54, 1.807) is 12.4 Å². The molecule has 0 saturated heterocycles. The minimum absolute atomic E-state index is 0.0890. The highest BCUT2D eigenvalue weighted by Crippen LogP contribution is 2.19. The molecule has 0 aliphatic rings. The van der Waals surface area contributed by atoms with Crippen LogP contribution in [0, 0.1) is 28.6 Å². The van der Waals surface area contributed by atoms with Gasteiger partial charge in [-0.1, -0.05) is 11.8 Å². The molecule has 0 radical (unpaired) electrons. The Morgan fingerprint density at radius 2 is 2.25 bits per heavy atom. The Morgan fingerprint density at radius 1 is 1.50 bits per heavy atom. The first-order valence-corrected chi connectivity index (χ1v) is 5.41. The first-order chi connectivity index (χ1) is 7.71. The van der Waals surface area contributed by atoms with E-state index in [9.17, 15) is 4.39 Å². The molecule has 0 aromatic heterocycles. The maximum Gasteiger partial charge on any atom is 0.183 e. The highest BCUT2D eigenvalue weighted by Gasteiger charge is 2.04. The zero-order valence-electron chi connectivity index (χ0n) is 8.36. The third-order valence-electron chi connectivity index (χ3n) is 1.65. The minimum Gasteiger partial charge on any atom is -0.271 e. The predicted octanol–water partition coefficient (Wildman–Crippen LogP) is 2.12. The number of rotatable bonds is 1. The lowest BCUT2D eigenvalue weighted by Gasteiger charge is -2.01. The van der Waals surface area contributed by atoms with E-state index in [4.69, 9.17) is 10.5 Å². The number of hydrogen-bond acceptors (Lipinski definition) is 4. The fourth-order valence-corrected chi connectivity index (χ4v) is 1.29. The molecule has 1 aromatic carbocycles. The lowest BCUT2D eigenvalue weighted by atomic mass is 10.2. The van der Waals surface area contributed by atoms with Crippen LogP contribution < -0.4 is 5.32 Å². The Bertz CT molecular complexity index is 499. The summed E-state index contributed by atoms with van der Waals surface area (Å²) in [5.74, 6) is -0.592. The summed E-state index contributed by atoms with van der Waals surface area (Å²) in [5.41, 5.74) is 0.321. The van der Waals surface area contributed by atoms with Gasteiger partial charge in [-0.3, -0.25) is 5.32 Å². The third-order valence-corrected chi connectivity index (χ3v) is 2.24. The molecule has 1 rings (SSSR count). The quantitative estimate of drug-likeness (QED) is 0.349. The predicted molar refractivity (Wildman–Crippen MR) is 60.5 cm³/mol. The minimum atomic E-state index is -0.592. The van der Waals surface area contributed by atoms with Crippen LogP contribution in [-0.4, -0.2) is 11.4 Å². The van der Waals surface area contributed by atoms with Crippen molar-refractivity contribution >= 4 is 22.6 Å². The summed E-state index contributed by atoms with van der Waals surface area (Å²) in [6, 6.07) is 5.78. The molecule has 0 unspecified atom stereocenters. The SMILES string of the molecule is CSC(=Nc1ccc(C#N)cc1F)NC#N. The van der Waals surface area contributed by atoms with Crippen LogP contribution >= 0.6 is 11.8 Å². The summed E-state index contributed by atoms with van der Waals surface area (Å²) < 4.78 is 13.4. The summed E-state index contributed by atoms with van der Waals surface area (Å²) in [5, 5.41) is 19.6. The van der Waals surface area contributed by atoms with E-state index < -0.39 is 5.82 Å². The number of thioether (sulfide) groups is 1. The molecule has 0 aliphatic heterocycles. The van der Waals surface area contributed by atoms with Crippen LogP contribution in [0.1, 0.15) is 5.56 Å². The van der Waals surface area contributed by atoms with Crippen LogP contribution in [0.3, 0.4) is 0 Å². The van der Waals surface area contributed by atoms with Crippen LogP contribution in [-0.2, 0) is 0 Å².